The molecule has 6 heteroatoms. The third-order valence-electron chi connectivity index (χ3n) is 2.77. The fourth-order valence-electron chi connectivity index (χ4n) is 1.97. The van der Waals surface area contributed by atoms with Crippen molar-refractivity contribution in [3.8, 4) is 0 Å². The number of hydrogen-bond acceptors (Lipinski definition) is 4. The fourth-order valence-corrected chi connectivity index (χ4v) is 2.74. The van der Waals surface area contributed by atoms with Crippen LogP contribution in [0.15, 0.2) is 24.4 Å². The first-order chi connectivity index (χ1) is 9.74. The molecule has 0 amide bonds. The normalized spacial score (nSPS) is 11.5. The molecule has 0 saturated heterocycles. The summed E-state index contributed by atoms with van der Waals surface area (Å²) in [6, 6.07) is 5.47. The van der Waals surface area contributed by atoms with Crippen LogP contribution in [0.2, 0.25) is 0 Å². The molecule has 0 aliphatic rings. The molecule has 0 aliphatic heterocycles. The average Bonchev–Trinajstić information content (AvgIpc) is 2.77. The molecule has 2 aromatic rings. The first-order valence-electron chi connectivity index (χ1n) is 6.36. The number of hydrogen-bond donors (Lipinski definition) is 0. The lowest BCUT2D eigenvalue weighted by Crippen LogP contribution is -2.26. The van der Waals surface area contributed by atoms with Crippen LogP contribution in [0.1, 0.15) is 31.1 Å². The Morgan fingerprint density at radius 2 is 1.90 bits per heavy atom. The van der Waals surface area contributed by atoms with Crippen LogP contribution in [0.5, 0.6) is 0 Å². The van der Waals surface area contributed by atoms with Crippen molar-refractivity contribution in [1.29, 1.82) is 0 Å². The third kappa shape index (κ3) is 3.20. The molecule has 0 unspecified atom stereocenters. The van der Waals surface area contributed by atoms with E-state index in [1.54, 1.807) is 26.8 Å². The van der Waals surface area contributed by atoms with Crippen molar-refractivity contribution < 1.29 is 19.1 Å². The molecule has 0 N–H and O–H groups in total. The van der Waals surface area contributed by atoms with Gasteiger partial charge in [0.25, 0.3) is 0 Å². The summed E-state index contributed by atoms with van der Waals surface area (Å²) in [7, 11) is 1.31. The van der Waals surface area contributed by atoms with Gasteiger partial charge in [0.05, 0.1) is 18.2 Å². The number of methoxy groups -OCH3 is 1. The van der Waals surface area contributed by atoms with Crippen LogP contribution < -0.4 is 0 Å². The van der Waals surface area contributed by atoms with Crippen LogP contribution in [-0.4, -0.2) is 29.3 Å². The van der Waals surface area contributed by atoms with Crippen molar-refractivity contribution in [3.05, 3.63) is 33.5 Å². The molecule has 0 radical (unpaired) electrons. The SMILES string of the molecule is COC(=O)c1cn(C(=O)OC(C)(C)C)c2cccc(I)c12. The Labute approximate surface area is 136 Å². The van der Waals surface area contributed by atoms with Gasteiger partial charge >= 0.3 is 12.1 Å². The van der Waals surface area contributed by atoms with E-state index in [1.165, 1.54) is 17.9 Å². The van der Waals surface area contributed by atoms with E-state index >= 15 is 0 Å². The molecule has 5 nitrogen and oxygen atoms in total. The van der Waals surface area contributed by atoms with Crippen molar-refractivity contribution in [2.45, 2.75) is 26.4 Å². The van der Waals surface area contributed by atoms with E-state index in [9.17, 15) is 9.59 Å². The number of ether oxygens (including phenoxy) is 2. The van der Waals surface area contributed by atoms with Crippen LogP contribution in [0.25, 0.3) is 10.9 Å². The smallest absolute Gasteiger partial charge is 0.419 e. The minimum atomic E-state index is -0.610. The molecule has 112 valence electrons. The molecule has 0 saturated carbocycles. The number of rotatable bonds is 1. The second kappa shape index (κ2) is 5.67. The lowest BCUT2D eigenvalue weighted by molar-refractivity contribution is 0.0544. The van der Waals surface area contributed by atoms with Gasteiger partial charge in [-0.2, -0.15) is 0 Å². The van der Waals surface area contributed by atoms with Gasteiger partial charge in [-0.3, -0.25) is 4.57 Å². The number of fused-ring (bicyclic) bond motifs is 1. The van der Waals surface area contributed by atoms with E-state index in [4.69, 9.17) is 9.47 Å². The lowest BCUT2D eigenvalue weighted by Gasteiger charge is -2.19. The zero-order chi connectivity index (χ0) is 15.8. The maximum absolute atomic E-state index is 12.3. The Kier molecular flexibility index (Phi) is 4.27. The van der Waals surface area contributed by atoms with Gasteiger partial charge in [-0.1, -0.05) is 6.07 Å². The average molecular weight is 401 g/mol. The van der Waals surface area contributed by atoms with E-state index in [2.05, 4.69) is 22.6 Å². The van der Waals surface area contributed by atoms with Crippen LogP contribution in [0.4, 0.5) is 4.79 Å². The summed E-state index contributed by atoms with van der Waals surface area (Å²) in [5.41, 5.74) is 0.362. The lowest BCUT2D eigenvalue weighted by atomic mass is 10.2. The number of esters is 1. The largest absolute Gasteiger partial charge is 0.465 e. The van der Waals surface area contributed by atoms with Crippen LogP contribution in [0.3, 0.4) is 0 Å². The Hall–Kier alpha value is -1.57. The van der Waals surface area contributed by atoms with Gasteiger partial charge < -0.3 is 9.47 Å². The summed E-state index contributed by atoms with van der Waals surface area (Å²) in [5.74, 6) is -0.480. The van der Waals surface area contributed by atoms with Gasteiger partial charge in [0.2, 0.25) is 0 Å². The van der Waals surface area contributed by atoms with Crippen molar-refractivity contribution in [2.75, 3.05) is 7.11 Å². The highest BCUT2D eigenvalue weighted by Gasteiger charge is 2.24. The summed E-state index contributed by atoms with van der Waals surface area (Å²) in [6.07, 6.45) is 0.942. The molecule has 0 fully saturated rings. The monoisotopic (exact) mass is 401 g/mol. The second-order valence-electron chi connectivity index (χ2n) is 5.52. The molecule has 1 aromatic heterocycles. The first-order valence-corrected chi connectivity index (χ1v) is 7.43. The molecule has 0 bridgehead atoms. The maximum atomic E-state index is 12.3. The van der Waals surface area contributed by atoms with Gasteiger partial charge in [-0.15, -0.1) is 0 Å². The molecule has 1 heterocycles. The molecule has 21 heavy (non-hydrogen) atoms. The number of aromatic nitrogens is 1. The maximum Gasteiger partial charge on any atom is 0.419 e. The summed E-state index contributed by atoms with van der Waals surface area (Å²) >= 11 is 2.13. The summed E-state index contributed by atoms with van der Waals surface area (Å²) in [5, 5.41) is 0.691. The van der Waals surface area contributed by atoms with Crippen molar-refractivity contribution in [1.82, 2.24) is 4.57 Å². The van der Waals surface area contributed by atoms with Gasteiger partial charge in [-0.25, -0.2) is 9.59 Å². The standard InChI is InChI=1S/C15H16INO4/c1-15(2,3)21-14(19)17-8-9(13(18)20-4)12-10(16)6-5-7-11(12)17/h5-8H,1-4H3. The molecule has 0 spiro atoms. The number of nitrogens with zero attached hydrogens (tertiary/aromatic N) is 1. The molecule has 1 aromatic carbocycles. The van der Waals surface area contributed by atoms with Gasteiger partial charge in [0.15, 0.2) is 0 Å². The number of carbonyl (C=O) groups is 2. The van der Waals surface area contributed by atoms with E-state index in [-0.39, 0.29) is 0 Å². The highest BCUT2D eigenvalue weighted by molar-refractivity contribution is 14.1. The minimum absolute atomic E-state index is 0.350. The summed E-state index contributed by atoms with van der Waals surface area (Å²) < 4.78 is 12.4. The van der Waals surface area contributed by atoms with Crippen molar-refractivity contribution >= 4 is 45.6 Å². The number of halogens is 1. The van der Waals surface area contributed by atoms with Gasteiger partial charge in [0.1, 0.15) is 5.60 Å². The van der Waals surface area contributed by atoms with E-state index in [1.807, 2.05) is 12.1 Å². The predicted octanol–water partition coefficient (Wildman–Crippen LogP) is 3.82. The zero-order valence-electron chi connectivity index (χ0n) is 12.3. The number of carbonyl (C=O) groups excluding carboxylic acids is 2. The van der Waals surface area contributed by atoms with Crippen LogP contribution in [0, 0.1) is 3.57 Å². The fraction of sp³-hybridized carbons (Fsp3) is 0.333. The summed E-state index contributed by atoms with van der Waals surface area (Å²) in [6.45, 7) is 5.38. The second-order valence-corrected chi connectivity index (χ2v) is 6.68. The van der Waals surface area contributed by atoms with Crippen molar-refractivity contribution in [2.24, 2.45) is 0 Å². The Balaban J connectivity index is 2.63. The molecule has 0 atom stereocenters. The zero-order valence-corrected chi connectivity index (χ0v) is 14.4. The Bertz CT molecular complexity index is 712. The topological polar surface area (TPSA) is 57.5 Å². The quantitative estimate of drug-likeness (QED) is 0.539. The van der Waals surface area contributed by atoms with Crippen LogP contribution in [-0.2, 0) is 9.47 Å². The Morgan fingerprint density at radius 1 is 1.24 bits per heavy atom. The van der Waals surface area contributed by atoms with E-state index in [0.29, 0.717) is 16.5 Å². The molecular formula is C15H16INO4. The van der Waals surface area contributed by atoms with Gasteiger partial charge in [0, 0.05) is 15.2 Å². The third-order valence-corrected chi connectivity index (χ3v) is 3.67. The van der Waals surface area contributed by atoms with Gasteiger partial charge in [-0.05, 0) is 55.5 Å². The predicted molar refractivity (Wildman–Crippen MR) is 87.6 cm³/mol. The first kappa shape index (κ1) is 15.8. The van der Waals surface area contributed by atoms with E-state index < -0.39 is 17.7 Å². The Morgan fingerprint density at radius 3 is 2.48 bits per heavy atom. The molecule has 0 aliphatic carbocycles. The summed E-state index contributed by atoms with van der Waals surface area (Å²) in [4.78, 5) is 24.2. The number of benzene rings is 1. The van der Waals surface area contributed by atoms with E-state index in [0.717, 1.165) is 3.57 Å². The molecule has 2 rings (SSSR count). The highest BCUT2D eigenvalue weighted by Crippen LogP contribution is 2.27. The highest BCUT2D eigenvalue weighted by atomic mass is 127. The molecular weight excluding hydrogens is 385 g/mol. The minimum Gasteiger partial charge on any atom is -0.465 e. The van der Waals surface area contributed by atoms with Crippen LogP contribution >= 0.6 is 22.6 Å². The van der Waals surface area contributed by atoms with Crippen molar-refractivity contribution in [3.63, 3.8) is 0 Å².